The molecule has 1 atom stereocenters. The van der Waals surface area contributed by atoms with Gasteiger partial charge in [0.05, 0.1) is 0 Å². The van der Waals surface area contributed by atoms with Crippen molar-refractivity contribution in [3.05, 3.63) is 0 Å². The fourth-order valence-corrected chi connectivity index (χ4v) is 2.58. The molecule has 2 fully saturated rings. The van der Waals surface area contributed by atoms with Gasteiger partial charge in [-0.1, -0.05) is 13.8 Å². The Morgan fingerprint density at radius 2 is 1.94 bits per heavy atom. The Bertz CT molecular complexity index is 359. The van der Waals surface area contributed by atoms with Crippen LogP contribution in [0.2, 0.25) is 0 Å². The van der Waals surface area contributed by atoms with Gasteiger partial charge in [-0.2, -0.15) is 0 Å². The second-order valence-electron chi connectivity index (χ2n) is 6.58. The topological polar surface area (TPSA) is 49.4 Å². The Kier molecular flexibility index (Phi) is 3.39. The molecule has 2 rings (SSSR count). The van der Waals surface area contributed by atoms with Crippen molar-refractivity contribution >= 4 is 11.8 Å². The van der Waals surface area contributed by atoms with Crippen molar-refractivity contribution in [3.8, 4) is 0 Å². The lowest BCUT2D eigenvalue weighted by atomic mass is 9.94. The minimum Gasteiger partial charge on any atom is -0.340 e. The van der Waals surface area contributed by atoms with Gasteiger partial charge in [0, 0.05) is 6.54 Å². The van der Waals surface area contributed by atoms with Gasteiger partial charge >= 0.3 is 0 Å². The average molecular weight is 252 g/mol. The highest BCUT2D eigenvalue weighted by molar-refractivity contribution is 5.99. The lowest BCUT2D eigenvalue weighted by Crippen LogP contribution is -2.68. The molecule has 0 aromatic rings. The lowest BCUT2D eigenvalue weighted by Gasteiger charge is -2.43. The van der Waals surface area contributed by atoms with E-state index < -0.39 is 5.54 Å². The number of rotatable bonds is 4. The van der Waals surface area contributed by atoms with Gasteiger partial charge in [-0.15, -0.1) is 0 Å². The normalized spacial score (nSPS) is 27.6. The Balaban J connectivity index is 2.16. The summed E-state index contributed by atoms with van der Waals surface area (Å²) in [6, 6.07) is -0.218. The van der Waals surface area contributed by atoms with E-state index in [9.17, 15) is 9.59 Å². The first-order valence-corrected chi connectivity index (χ1v) is 6.96. The van der Waals surface area contributed by atoms with E-state index in [1.54, 1.807) is 13.8 Å². The van der Waals surface area contributed by atoms with E-state index in [1.807, 2.05) is 4.90 Å². The predicted octanol–water partition coefficient (Wildman–Crippen LogP) is 1.55. The summed E-state index contributed by atoms with van der Waals surface area (Å²) in [5.41, 5.74) is -0.751. The summed E-state index contributed by atoms with van der Waals surface area (Å²) in [5, 5.41) is 2.86. The number of amides is 2. The molecule has 4 heteroatoms. The van der Waals surface area contributed by atoms with Crippen LogP contribution in [-0.2, 0) is 9.59 Å². The van der Waals surface area contributed by atoms with Crippen LogP contribution in [0, 0.1) is 11.8 Å². The zero-order valence-corrected chi connectivity index (χ0v) is 11.8. The van der Waals surface area contributed by atoms with Gasteiger partial charge in [0.25, 0.3) is 0 Å². The number of hydrogen-bond acceptors (Lipinski definition) is 2. The fraction of sp³-hybridized carbons (Fsp3) is 0.857. The number of piperazine rings is 1. The summed E-state index contributed by atoms with van der Waals surface area (Å²) in [6.45, 7) is 8.57. The molecule has 102 valence electrons. The standard InChI is InChI=1S/C14H24N2O2/c1-9(2)7-8-16-11(10-5-6-10)12(17)15-14(3,4)13(16)18/h9-11H,5-8H2,1-4H3,(H,15,17). The van der Waals surface area contributed by atoms with Crippen LogP contribution in [0.5, 0.6) is 0 Å². The molecular formula is C14H24N2O2. The first-order valence-electron chi connectivity index (χ1n) is 6.96. The zero-order chi connectivity index (χ0) is 13.5. The van der Waals surface area contributed by atoms with E-state index in [2.05, 4.69) is 19.2 Å². The van der Waals surface area contributed by atoms with E-state index in [0.717, 1.165) is 19.3 Å². The first kappa shape index (κ1) is 13.4. The third-order valence-electron chi connectivity index (χ3n) is 3.85. The molecule has 1 unspecified atom stereocenters. The third-order valence-corrected chi connectivity index (χ3v) is 3.85. The number of hydrogen-bond donors (Lipinski definition) is 1. The monoisotopic (exact) mass is 252 g/mol. The summed E-state index contributed by atoms with van der Waals surface area (Å²) in [4.78, 5) is 26.5. The van der Waals surface area contributed by atoms with Gasteiger partial charge in [0.1, 0.15) is 11.6 Å². The second kappa shape index (κ2) is 4.56. The van der Waals surface area contributed by atoms with Crippen LogP contribution in [-0.4, -0.2) is 34.8 Å². The molecule has 1 saturated heterocycles. The Hall–Kier alpha value is -1.06. The minimum absolute atomic E-state index is 0.0332. The van der Waals surface area contributed by atoms with E-state index in [1.165, 1.54) is 0 Å². The number of carbonyl (C=O) groups excluding carboxylic acids is 2. The molecule has 0 radical (unpaired) electrons. The van der Waals surface area contributed by atoms with E-state index in [4.69, 9.17) is 0 Å². The van der Waals surface area contributed by atoms with Gasteiger partial charge in [-0.25, -0.2) is 0 Å². The summed E-state index contributed by atoms with van der Waals surface area (Å²) in [7, 11) is 0. The number of nitrogens with zero attached hydrogens (tertiary/aromatic N) is 1. The van der Waals surface area contributed by atoms with Crippen molar-refractivity contribution in [2.45, 2.75) is 58.5 Å². The average Bonchev–Trinajstić information content (AvgIpc) is 3.04. The summed E-state index contributed by atoms with van der Waals surface area (Å²) >= 11 is 0. The van der Waals surface area contributed by atoms with Crippen LogP contribution in [0.4, 0.5) is 0 Å². The molecule has 1 saturated carbocycles. The molecule has 1 aliphatic carbocycles. The molecule has 2 amide bonds. The van der Waals surface area contributed by atoms with Gasteiger partial charge in [-0.05, 0) is 44.9 Å². The van der Waals surface area contributed by atoms with Crippen LogP contribution in [0.25, 0.3) is 0 Å². The highest BCUT2D eigenvalue weighted by Gasteiger charge is 2.50. The van der Waals surface area contributed by atoms with Crippen LogP contribution >= 0.6 is 0 Å². The van der Waals surface area contributed by atoms with E-state index >= 15 is 0 Å². The molecule has 18 heavy (non-hydrogen) atoms. The van der Waals surface area contributed by atoms with Gasteiger partial charge < -0.3 is 10.2 Å². The SMILES string of the molecule is CC(C)CCN1C(=O)C(C)(C)NC(=O)C1C1CC1. The van der Waals surface area contributed by atoms with Crippen LogP contribution in [0.15, 0.2) is 0 Å². The molecule has 0 bridgehead atoms. The van der Waals surface area contributed by atoms with E-state index in [0.29, 0.717) is 18.4 Å². The largest absolute Gasteiger partial charge is 0.340 e. The predicted molar refractivity (Wildman–Crippen MR) is 69.9 cm³/mol. The molecule has 4 nitrogen and oxygen atoms in total. The quantitative estimate of drug-likeness (QED) is 0.825. The zero-order valence-electron chi connectivity index (χ0n) is 11.8. The van der Waals surface area contributed by atoms with Crippen molar-refractivity contribution in [1.29, 1.82) is 0 Å². The van der Waals surface area contributed by atoms with Crippen molar-refractivity contribution < 1.29 is 9.59 Å². The Labute approximate surface area is 109 Å². The van der Waals surface area contributed by atoms with Crippen molar-refractivity contribution in [2.24, 2.45) is 11.8 Å². The molecule has 2 aliphatic rings. The maximum absolute atomic E-state index is 12.5. The first-order chi connectivity index (χ1) is 8.33. The van der Waals surface area contributed by atoms with E-state index in [-0.39, 0.29) is 17.9 Å². The highest BCUT2D eigenvalue weighted by Crippen LogP contribution is 2.38. The summed E-state index contributed by atoms with van der Waals surface area (Å²) in [6.07, 6.45) is 3.10. The van der Waals surface area contributed by atoms with Crippen LogP contribution in [0.3, 0.4) is 0 Å². The third kappa shape index (κ3) is 2.52. The maximum Gasteiger partial charge on any atom is 0.248 e. The van der Waals surface area contributed by atoms with Crippen molar-refractivity contribution in [1.82, 2.24) is 10.2 Å². The molecule has 1 heterocycles. The molecule has 0 aromatic heterocycles. The molecule has 1 aliphatic heterocycles. The number of carbonyl (C=O) groups is 2. The highest BCUT2D eigenvalue weighted by atomic mass is 16.2. The molecular weight excluding hydrogens is 228 g/mol. The summed E-state index contributed by atoms with van der Waals surface area (Å²) < 4.78 is 0. The molecule has 0 aromatic carbocycles. The Morgan fingerprint density at radius 3 is 2.44 bits per heavy atom. The van der Waals surface area contributed by atoms with Gasteiger partial charge in [0.15, 0.2) is 0 Å². The van der Waals surface area contributed by atoms with Crippen molar-refractivity contribution in [2.75, 3.05) is 6.54 Å². The molecule has 0 spiro atoms. The molecule has 1 N–H and O–H groups in total. The smallest absolute Gasteiger partial charge is 0.248 e. The number of nitrogens with one attached hydrogen (secondary N) is 1. The minimum atomic E-state index is -0.751. The second-order valence-corrected chi connectivity index (χ2v) is 6.58. The lowest BCUT2D eigenvalue weighted by molar-refractivity contribution is -0.154. The van der Waals surface area contributed by atoms with Gasteiger partial charge in [-0.3, -0.25) is 9.59 Å². The Morgan fingerprint density at radius 1 is 1.33 bits per heavy atom. The summed E-state index contributed by atoms with van der Waals surface area (Å²) in [5.74, 6) is 1.04. The van der Waals surface area contributed by atoms with Crippen LogP contribution in [0.1, 0.15) is 47.0 Å². The maximum atomic E-state index is 12.5. The van der Waals surface area contributed by atoms with Crippen molar-refractivity contribution in [3.63, 3.8) is 0 Å². The fourth-order valence-electron chi connectivity index (χ4n) is 2.58. The van der Waals surface area contributed by atoms with Gasteiger partial charge in [0.2, 0.25) is 11.8 Å². The van der Waals surface area contributed by atoms with Crippen LogP contribution < -0.4 is 5.32 Å².